The summed E-state index contributed by atoms with van der Waals surface area (Å²) in [5.74, 6) is 0.822. The Hall–Kier alpha value is -2.45. The van der Waals surface area contributed by atoms with Crippen molar-refractivity contribution in [1.29, 1.82) is 0 Å². The number of halogens is 1. The van der Waals surface area contributed by atoms with Crippen LogP contribution in [0.25, 0.3) is 11.4 Å². The van der Waals surface area contributed by atoms with Crippen LogP contribution in [0.2, 0.25) is 0 Å². The largest absolute Gasteiger partial charge is 0.302 e. The van der Waals surface area contributed by atoms with Crippen molar-refractivity contribution in [3.63, 3.8) is 0 Å². The minimum Gasteiger partial charge on any atom is -0.302 e. The van der Waals surface area contributed by atoms with E-state index < -0.39 is 0 Å². The molecule has 1 amide bonds. The van der Waals surface area contributed by atoms with Gasteiger partial charge in [-0.1, -0.05) is 70.2 Å². The highest BCUT2D eigenvalue weighted by atomic mass is 79.9. The van der Waals surface area contributed by atoms with Crippen molar-refractivity contribution < 1.29 is 4.79 Å². The lowest BCUT2D eigenvalue weighted by Gasteiger charge is -2.07. The van der Waals surface area contributed by atoms with Gasteiger partial charge in [0.15, 0.2) is 11.0 Å². The number of amides is 1. The predicted octanol–water partition coefficient (Wildman–Crippen LogP) is 4.36. The molecule has 0 bridgehead atoms. The van der Waals surface area contributed by atoms with Crippen molar-refractivity contribution in [2.75, 3.05) is 5.75 Å². The van der Waals surface area contributed by atoms with Crippen molar-refractivity contribution in [3.8, 4) is 11.4 Å². The van der Waals surface area contributed by atoms with Gasteiger partial charge in [0, 0.05) is 16.6 Å². The number of carbonyl (C=O) groups is 1. The van der Waals surface area contributed by atoms with E-state index in [4.69, 9.17) is 0 Å². The van der Waals surface area contributed by atoms with Crippen molar-refractivity contribution in [1.82, 2.24) is 20.2 Å². The average Bonchev–Trinajstić information content (AvgIpc) is 3.14. The van der Waals surface area contributed by atoms with Gasteiger partial charge in [-0.05, 0) is 31.5 Å². The van der Waals surface area contributed by atoms with Crippen molar-refractivity contribution >= 4 is 39.3 Å². The van der Waals surface area contributed by atoms with Crippen LogP contribution in [0, 0.1) is 0 Å². The smallest absolute Gasteiger partial charge is 0.250 e. The monoisotopic (exact) mass is 457 g/mol. The number of nitrogens with one attached hydrogen (secondary N) is 1. The Morgan fingerprint density at radius 3 is 2.68 bits per heavy atom. The SMILES string of the molecule is CCn1c(SCC(=O)N/N=C(/C)c2cccc(Br)c2)nnc1-c1ccccc1. The molecule has 1 aromatic heterocycles. The van der Waals surface area contributed by atoms with Crippen molar-refractivity contribution in [2.45, 2.75) is 25.5 Å². The van der Waals surface area contributed by atoms with E-state index in [0.29, 0.717) is 5.16 Å². The Kier molecular flexibility index (Phi) is 7.00. The lowest BCUT2D eigenvalue weighted by Crippen LogP contribution is -2.21. The molecule has 0 atom stereocenters. The molecule has 3 aromatic rings. The molecule has 0 radical (unpaired) electrons. The first-order valence-corrected chi connectivity index (χ1v) is 10.6. The summed E-state index contributed by atoms with van der Waals surface area (Å²) >= 11 is 4.78. The summed E-state index contributed by atoms with van der Waals surface area (Å²) in [6.45, 7) is 4.61. The number of thioether (sulfide) groups is 1. The third-order valence-electron chi connectivity index (χ3n) is 3.99. The van der Waals surface area contributed by atoms with Crippen molar-refractivity contribution in [3.05, 3.63) is 64.6 Å². The molecular formula is C20H20BrN5OS. The third-order valence-corrected chi connectivity index (χ3v) is 5.45. The molecule has 0 fully saturated rings. The Labute approximate surface area is 176 Å². The van der Waals surface area contributed by atoms with Gasteiger partial charge in [0.2, 0.25) is 0 Å². The van der Waals surface area contributed by atoms with Gasteiger partial charge in [-0.15, -0.1) is 10.2 Å². The molecule has 6 nitrogen and oxygen atoms in total. The third kappa shape index (κ3) is 5.08. The quantitative estimate of drug-likeness (QED) is 0.325. The summed E-state index contributed by atoms with van der Waals surface area (Å²) in [6, 6.07) is 17.7. The maximum Gasteiger partial charge on any atom is 0.250 e. The van der Waals surface area contributed by atoms with Gasteiger partial charge in [-0.3, -0.25) is 4.79 Å². The number of rotatable bonds is 7. The van der Waals surface area contributed by atoms with E-state index in [2.05, 4.69) is 36.7 Å². The summed E-state index contributed by atoms with van der Waals surface area (Å²) < 4.78 is 2.97. The molecule has 144 valence electrons. The highest BCUT2D eigenvalue weighted by molar-refractivity contribution is 9.10. The summed E-state index contributed by atoms with van der Waals surface area (Å²) in [6.07, 6.45) is 0. The molecule has 28 heavy (non-hydrogen) atoms. The number of hydrogen-bond acceptors (Lipinski definition) is 5. The molecule has 1 heterocycles. The highest BCUT2D eigenvalue weighted by Crippen LogP contribution is 2.23. The van der Waals surface area contributed by atoms with E-state index in [1.54, 1.807) is 0 Å². The number of hydrogen-bond donors (Lipinski definition) is 1. The van der Waals surface area contributed by atoms with Crippen LogP contribution in [0.4, 0.5) is 0 Å². The summed E-state index contributed by atoms with van der Waals surface area (Å²) in [4.78, 5) is 12.2. The van der Waals surface area contributed by atoms with Gasteiger partial charge in [-0.25, -0.2) is 5.43 Å². The Morgan fingerprint density at radius 1 is 1.18 bits per heavy atom. The lowest BCUT2D eigenvalue weighted by molar-refractivity contribution is -0.118. The predicted molar refractivity (Wildman–Crippen MR) is 116 cm³/mol. The first-order valence-electron chi connectivity index (χ1n) is 8.79. The zero-order valence-electron chi connectivity index (χ0n) is 15.6. The van der Waals surface area contributed by atoms with E-state index in [9.17, 15) is 4.79 Å². The standard InChI is InChI=1S/C20H20BrN5OS/c1-3-26-19(15-8-5-4-6-9-15)24-25-20(26)28-13-18(27)23-22-14(2)16-10-7-11-17(21)12-16/h4-12H,3,13H2,1-2H3,(H,23,27)/b22-14-. The fourth-order valence-electron chi connectivity index (χ4n) is 2.57. The molecule has 0 aliphatic heterocycles. The minimum atomic E-state index is -0.189. The van der Waals surface area contributed by atoms with Gasteiger partial charge in [0.25, 0.3) is 5.91 Å². The average molecular weight is 458 g/mol. The molecule has 2 aromatic carbocycles. The molecule has 0 saturated carbocycles. The number of hydrazone groups is 1. The van der Waals surface area contributed by atoms with Gasteiger partial charge >= 0.3 is 0 Å². The van der Waals surface area contributed by atoms with Crippen LogP contribution < -0.4 is 5.43 Å². The zero-order valence-corrected chi connectivity index (χ0v) is 18.0. The van der Waals surface area contributed by atoms with Crippen LogP contribution >= 0.6 is 27.7 Å². The number of carbonyl (C=O) groups excluding carboxylic acids is 1. The van der Waals surface area contributed by atoms with Crippen molar-refractivity contribution in [2.24, 2.45) is 5.10 Å². The lowest BCUT2D eigenvalue weighted by atomic mass is 10.1. The Bertz CT molecular complexity index is 987. The van der Waals surface area contributed by atoms with E-state index in [1.165, 1.54) is 11.8 Å². The van der Waals surface area contributed by atoms with Gasteiger partial charge in [0.05, 0.1) is 11.5 Å². The van der Waals surface area contributed by atoms with E-state index in [0.717, 1.165) is 33.7 Å². The molecule has 0 aliphatic carbocycles. The summed E-state index contributed by atoms with van der Waals surface area (Å²) in [5.41, 5.74) is 5.29. The van der Waals surface area contributed by atoms with Crippen LogP contribution in [0.5, 0.6) is 0 Å². The number of benzene rings is 2. The van der Waals surface area contributed by atoms with Crippen LogP contribution in [0.1, 0.15) is 19.4 Å². The molecule has 0 saturated heterocycles. The second-order valence-electron chi connectivity index (χ2n) is 5.95. The van der Waals surface area contributed by atoms with Crippen LogP contribution in [-0.4, -0.2) is 32.1 Å². The Balaban J connectivity index is 1.62. The molecule has 0 unspecified atom stereocenters. The number of aromatic nitrogens is 3. The maximum atomic E-state index is 12.2. The first-order chi connectivity index (χ1) is 13.6. The fraction of sp³-hybridized carbons (Fsp3) is 0.200. The Morgan fingerprint density at radius 2 is 1.96 bits per heavy atom. The minimum absolute atomic E-state index is 0.189. The molecular weight excluding hydrogens is 438 g/mol. The second kappa shape index (κ2) is 9.66. The molecule has 3 rings (SSSR count). The van der Waals surface area contributed by atoms with E-state index >= 15 is 0 Å². The van der Waals surface area contributed by atoms with Gasteiger partial charge < -0.3 is 4.57 Å². The second-order valence-corrected chi connectivity index (χ2v) is 7.81. The van der Waals surface area contributed by atoms with Gasteiger partial charge in [0.1, 0.15) is 0 Å². The first kappa shape index (κ1) is 20.3. The fourth-order valence-corrected chi connectivity index (χ4v) is 3.76. The van der Waals surface area contributed by atoms with E-state index in [1.807, 2.05) is 73.0 Å². The molecule has 0 spiro atoms. The topological polar surface area (TPSA) is 72.2 Å². The van der Waals surface area contributed by atoms with Crippen LogP contribution in [0.15, 0.2) is 69.3 Å². The van der Waals surface area contributed by atoms with Crippen LogP contribution in [0.3, 0.4) is 0 Å². The number of nitrogens with zero attached hydrogens (tertiary/aromatic N) is 4. The van der Waals surface area contributed by atoms with Gasteiger partial charge in [-0.2, -0.15) is 5.10 Å². The summed E-state index contributed by atoms with van der Waals surface area (Å²) in [7, 11) is 0. The molecule has 1 N–H and O–H groups in total. The van der Waals surface area contributed by atoms with E-state index in [-0.39, 0.29) is 11.7 Å². The molecule has 0 aliphatic rings. The summed E-state index contributed by atoms with van der Waals surface area (Å²) in [5, 5.41) is 13.4. The molecule has 8 heteroatoms. The normalized spacial score (nSPS) is 11.5. The zero-order chi connectivity index (χ0) is 19.9. The maximum absolute atomic E-state index is 12.2. The highest BCUT2D eigenvalue weighted by Gasteiger charge is 2.14. The van der Waals surface area contributed by atoms with Crippen LogP contribution in [-0.2, 0) is 11.3 Å².